The average Bonchev–Trinajstić information content (AvgIpc) is 2.46. The van der Waals surface area contributed by atoms with Gasteiger partial charge < -0.3 is 0 Å². The quantitative estimate of drug-likeness (QED) is 0.342. The Morgan fingerprint density at radius 2 is 1.08 bits per heavy atom. The second kappa shape index (κ2) is 21.3. The molecule has 0 aromatic rings. The van der Waals surface area contributed by atoms with Gasteiger partial charge >= 0.3 is 0 Å². The number of allylic oxidation sites excluding steroid dienone is 1. The van der Waals surface area contributed by atoms with Crippen LogP contribution < -0.4 is 0 Å². The standard InChI is InChI=1S/C8H18.C7H14.C5H12.C5H8/c1-6(2)8(5)7(3)4;1-6(2)5-7(3)4;2*1-4-5(2)3/h6-8H,1-5H3;7H,1,5H2,2-4H3;5H,4H2,1-3H3;1,5H,2-3H3. The van der Waals surface area contributed by atoms with Gasteiger partial charge in [0.05, 0.1) is 0 Å². The Balaban J connectivity index is -0.000000120. The van der Waals surface area contributed by atoms with Crippen LogP contribution in [0, 0.1) is 47.9 Å². The molecule has 0 saturated heterocycles. The topological polar surface area (TPSA) is 0 Å². The van der Waals surface area contributed by atoms with Gasteiger partial charge in [0, 0.05) is 5.92 Å². The van der Waals surface area contributed by atoms with Gasteiger partial charge in [0.15, 0.2) is 0 Å². The van der Waals surface area contributed by atoms with Crippen molar-refractivity contribution >= 4 is 0 Å². The molecular weight excluding hydrogens is 300 g/mol. The molecule has 0 aliphatic heterocycles. The van der Waals surface area contributed by atoms with Crippen molar-refractivity contribution in [3.05, 3.63) is 12.2 Å². The smallest absolute Gasteiger partial charge is 0.0143 e. The van der Waals surface area contributed by atoms with Gasteiger partial charge in [-0.1, -0.05) is 95.1 Å². The minimum Gasteiger partial charge on any atom is -0.120 e. The highest BCUT2D eigenvalue weighted by Crippen LogP contribution is 2.18. The van der Waals surface area contributed by atoms with Crippen LogP contribution in [0.5, 0.6) is 0 Å². The molecule has 0 unspecified atom stereocenters. The Bertz CT molecular complexity index is 288. The highest BCUT2D eigenvalue weighted by molar-refractivity contribution is 4.88. The first-order valence-corrected chi connectivity index (χ1v) is 10.3. The largest absolute Gasteiger partial charge is 0.120 e. The Hall–Kier alpha value is -0.700. The molecule has 0 nitrogen and oxygen atoms in total. The van der Waals surface area contributed by atoms with E-state index in [-0.39, 0.29) is 0 Å². The lowest BCUT2D eigenvalue weighted by atomic mass is 9.88. The lowest BCUT2D eigenvalue weighted by Crippen LogP contribution is -2.10. The van der Waals surface area contributed by atoms with Crippen LogP contribution in [-0.4, -0.2) is 0 Å². The maximum absolute atomic E-state index is 4.92. The van der Waals surface area contributed by atoms with E-state index in [1.54, 1.807) is 0 Å². The summed E-state index contributed by atoms with van der Waals surface area (Å²) in [6.07, 6.45) is 7.39. The zero-order valence-corrected chi connectivity index (χ0v) is 20.2. The fraction of sp³-hybridized carbons (Fsp3) is 0.840. The fourth-order valence-electron chi connectivity index (χ4n) is 1.47. The van der Waals surface area contributed by atoms with Gasteiger partial charge in [-0.25, -0.2) is 0 Å². The van der Waals surface area contributed by atoms with Gasteiger partial charge in [0.2, 0.25) is 0 Å². The summed E-state index contributed by atoms with van der Waals surface area (Å²) < 4.78 is 0. The van der Waals surface area contributed by atoms with E-state index in [1.807, 2.05) is 13.8 Å². The van der Waals surface area contributed by atoms with E-state index in [1.165, 1.54) is 18.4 Å². The molecule has 0 rings (SSSR count). The van der Waals surface area contributed by atoms with Crippen LogP contribution in [-0.2, 0) is 0 Å². The van der Waals surface area contributed by atoms with Crippen LogP contribution in [0.1, 0.15) is 103 Å². The van der Waals surface area contributed by atoms with Gasteiger partial charge in [-0.2, -0.15) is 0 Å². The van der Waals surface area contributed by atoms with E-state index < -0.39 is 0 Å². The summed E-state index contributed by atoms with van der Waals surface area (Å²) >= 11 is 0. The molecule has 0 atom stereocenters. The second-order valence-corrected chi connectivity index (χ2v) is 9.03. The summed E-state index contributed by atoms with van der Waals surface area (Å²) in [4.78, 5) is 0. The monoisotopic (exact) mass is 352 g/mol. The minimum absolute atomic E-state index is 0.412. The predicted molar refractivity (Wildman–Crippen MR) is 122 cm³/mol. The summed E-state index contributed by atoms with van der Waals surface area (Å²) in [5.41, 5.74) is 1.29. The zero-order chi connectivity index (χ0) is 21.2. The van der Waals surface area contributed by atoms with Gasteiger partial charge in [0.1, 0.15) is 0 Å². The Morgan fingerprint density at radius 1 is 0.800 bits per heavy atom. The molecule has 0 N–H and O–H groups in total. The van der Waals surface area contributed by atoms with Crippen molar-refractivity contribution in [2.75, 3.05) is 0 Å². The molecule has 0 heterocycles. The molecule has 0 bridgehead atoms. The van der Waals surface area contributed by atoms with E-state index in [2.05, 4.69) is 88.7 Å². The predicted octanol–water partition coefficient (Wildman–Crippen LogP) is 8.87. The van der Waals surface area contributed by atoms with Gasteiger partial charge in [-0.3, -0.25) is 0 Å². The minimum atomic E-state index is 0.412. The molecule has 152 valence electrons. The number of hydrogen-bond donors (Lipinski definition) is 0. The summed E-state index contributed by atoms with van der Waals surface area (Å²) in [6.45, 7) is 32.3. The van der Waals surface area contributed by atoms with Crippen LogP contribution in [0.3, 0.4) is 0 Å². The highest BCUT2D eigenvalue weighted by Gasteiger charge is 2.09. The number of terminal acetylenes is 1. The summed E-state index contributed by atoms with van der Waals surface area (Å²) in [5.74, 6) is 7.16. The molecular formula is C25H52. The molecule has 0 heteroatoms. The van der Waals surface area contributed by atoms with Crippen molar-refractivity contribution in [3.8, 4) is 12.3 Å². The lowest BCUT2D eigenvalue weighted by molar-refractivity contribution is 0.316. The molecule has 0 spiro atoms. The van der Waals surface area contributed by atoms with Crippen molar-refractivity contribution in [2.45, 2.75) is 103 Å². The first-order valence-electron chi connectivity index (χ1n) is 10.3. The summed E-state index contributed by atoms with van der Waals surface area (Å²) in [7, 11) is 0. The molecule has 0 aromatic carbocycles. The Morgan fingerprint density at radius 3 is 1.08 bits per heavy atom. The summed E-state index contributed by atoms with van der Waals surface area (Å²) in [6, 6.07) is 0. The highest BCUT2D eigenvalue weighted by atomic mass is 14.2. The van der Waals surface area contributed by atoms with E-state index in [9.17, 15) is 0 Å². The van der Waals surface area contributed by atoms with Crippen LogP contribution in [0.25, 0.3) is 0 Å². The van der Waals surface area contributed by atoms with Crippen molar-refractivity contribution in [3.63, 3.8) is 0 Å². The van der Waals surface area contributed by atoms with E-state index in [0.717, 1.165) is 29.6 Å². The molecule has 25 heavy (non-hydrogen) atoms. The van der Waals surface area contributed by atoms with Crippen molar-refractivity contribution in [2.24, 2.45) is 35.5 Å². The van der Waals surface area contributed by atoms with E-state index in [4.69, 9.17) is 6.42 Å². The van der Waals surface area contributed by atoms with Gasteiger partial charge in [-0.05, 0) is 42.9 Å². The molecule has 0 radical (unpaired) electrons. The molecule has 0 aliphatic carbocycles. The number of rotatable bonds is 5. The Kier molecular flexibility index (Phi) is 27.3. The third-order valence-corrected chi connectivity index (χ3v) is 4.01. The van der Waals surface area contributed by atoms with Gasteiger partial charge in [-0.15, -0.1) is 18.9 Å². The summed E-state index contributed by atoms with van der Waals surface area (Å²) in [5, 5.41) is 0. The van der Waals surface area contributed by atoms with Crippen molar-refractivity contribution in [1.82, 2.24) is 0 Å². The Labute approximate surface area is 163 Å². The first-order chi connectivity index (χ1) is 11.2. The van der Waals surface area contributed by atoms with E-state index in [0.29, 0.717) is 5.92 Å². The van der Waals surface area contributed by atoms with Crippen LogP contribution in [0.2, 0.25) is 0 Å². The SMILES string of the molecule is C#CC(C)C.C=C(C)CC(C)C.CC(C)C(C)C(C)C.CCC(C)C. The second-order valence-electron chi connectivity index (χ2n) is 9.03. The molecule has 0 aliphatic rings. The fourth-order valence-corrected chi connectivity index (χ4v) is 1.47. The van der Waals surface area contributed by atoms with Crippen LogP contribution in [0.15, 0.2) is 12.2 Å². The normalized spacial score (nSPS) is 10.0. The average molecular weight is 353 g/mol. The van der Waals surface area contributed by atoms with Crippen molar-refractivity contribution < 1.29 is 0 Å². The van der Waals surface area contributed by atoms with Crippen LogP contribution in [0.4, 0.5) is 0 Å². The zero-order valence-electron chi connectivity index (χ0n) is 20.2. The molecule has 0 amide bonds. The maximum atomic E-state index is 4.92. The van der Waals surface area contributed by atoms with E-state index >= 15 is 0 Å². The third kappa shape index (κ3) is 45.2. The molecule has 0 aromatic heterocycles. The molecule has 0 fully saturated rings. The molecule has 0 saturated carbocycles. The number of hydrogen-bond acceptors (Lipinski definition) is 0. The first kappa shape index (κ1) is 32.0. The van der Waals surface area contributed by atoms with Crippen LogP contribution >= 0.6 is 0 Å². The van der Waals surface area contributed by atoms with Crippen molar-refractivity contribution in [1.29, 1.82) is 0 Å². The van der Waals surface area contributed by atoms with Gasteiger partial charge in [0.25, 0.3) is 0 Å². The third-order valence-electron chi connectivity index (χ3n) is 4.01. The maximum Gasteiger partial charge on any atom is 0.0143 e. The lowest BCUT2D eigenvalue weighted by Gasteiger charge is -2.18.